The summed E-state index contributed by atoms with van der Waals surface area (Å²) in [5.41, 5.74) is 0.824. The van der Waals surface area contributed by atoms with E-state index in [0.29, 0.717) is 17.3 Å². The number of esters is 1. The molecule has 0 aliphatic carbocycles. The lowest BCUT2D eigenvalue weighted by atomic mass is 10.1. The molecule has 3 aromatic rings. The predicted octanol–water partition coefficient (Wildman–Crippen LogP) is 4.17. The Kier molecular flexibility index (Phi) is 5.52. The van der Waals surface area contributed by atoms with E-state index in [1.165, 1.54) is 4.68 Å². The zero-order valence-electron chi connectivity index (χ0n) is 14.6. The van der Waals surface area contributed by atoms with Gasteiger partial charge in [0, 0.05) is 22.0 Å². The van der Waals surface area contributed by atoms with Crippen molar-refractivity contribution in [3.63, 3.8) is 0 Å². The molecular formula is C20H19BrN2O3. The maximum absolute atomic E-state index is 12.7. The Morgan fingerprint density at radius 2 is 1.77 bits per heavy atom. The predicted molar refractivity (Wildman–Crippen MR) is 104 cm³/mol. The molecule has 0 unspecified atom stereocenters. The van der Waals surface area contributed by atoms with Crippen molar-refractivity contribution in [2.45, 2.75) is 27.0 Å². The van der Waals surface area contributed by atoms with Gasteiger partial charge < -0.3 is 4.74 Å². The molecule has 3 rings (SSSR count). The highest BCUT2D eigenvalue weighted by atomic mass is 79.9. The fraction of sp³-hybridized carbons (Fsp3) is 0.250. The van der Waals surface area contributed by atoms with Gasteiger partial charge in [-0.05, 0) is 18.1 Å². The summed E-state index contributed by atoms with van der Waals surface area (Å²) in [6.07, 6.45) is 0. The molecule has 0 fully saturated rings. The third kappa shape index (κ3) is 3.85. The second-order valence-electron chi connectivity index (χ2n) is 6.44. The summed E-state index contributed by atoms with van der Waals surface area (Å²) in [6.45, 7) is 4.55. The largest absolute Gasteiger partial charge is 0.456 e. The molecule has 2 aromatic carbocycles. The standard InChI is InChI=1S/C20H19BrN2O3/c1-13(2)11-23-19(24)16-9-5-4-8-15(16)18(22-23)20(25)26-12-14-7-3-6-10-17(14)21/h3-10,13H,11-12H2,1-2H3. The summed E-state index contributed by atoms with van der Waals surface area (Å²) < 4.78 is 7.68. The molecule has 0 bridgehead atoms. The van der Waals surface area contributed by atoms with Crippen LogP contribution < -0.4 is 5.56 Å². The van der Waals surface area contributed by atoms with Crippen LogP contribution in [0, 0.1) is 5.92 Å². The normalized spacial score (nSPS) is 11.1. The fourth-order valence-electron chi connectivity index (χ4n) is 2.68. The van der Waals surface area contributed by atoms with E-state index in [1.54, 1.807) is 24.3 Å². The topological polar surface area (TPSA) is 61.2 Å². The van der Waals surface area contributed by atoms with Crippen LogP contribution in [0.2, 0.25) is 0 Å². The quantitative estimate of drug-likeness (QED) is 0.587. The average molecular weight is 415 g/mol. The first-order valence-electron chi connectivity index (χ1n) is 8.37. The van der Waals surface area contributed by atoms with Gasteiger partial charge in [0.15, 0.2) is 5.69 Å². The van der Waals surface area contributed by atoms with E-state index in [9.17, 15) is 9.59 Å². The zero-order valence-corrected chi connectivity index (χ0v) is 16.2. The molecule has 1 aromatic heterocycles. The molecule has 0 atom stereocenters. The molecule has 6 heteroatoms. The molecule has 1 heterocycles. The van der Waals surface area contributed by atoms with E-state index in [4.69, 9.17) is 4.74 Å². The summed E-state index contributed by atoms with van der Waals surface area (Å²) in [4.78, 5) is 25.3. The Morgan fingerprint density at radius 1 is 1.12 bits per heavy atom. The number of hydrogen-bond donors (Lipinski definition) is 0. The van der Waals surface area contributed by atoms with Crippen molar-refractivity contribution < 1.29 is 9.53 Å². The van der Waals surface area contributed by atoms with Crippen LogP contribution in [-0.4, -0.2) is 15.7 Å². The molecule has 0 N–H and O–H groups in total. The maximum Gasteiger partial charge on any atom is 0.359 e. The van der Waals surface area contributed by atoms with Crippen molar-refractivity contribution in [1.82, 2.24) is 9.78 Å². The fourth-order valence-corrected chi connectivity index (χ4v) is 3.08. The van der Waals surface area contributed by atoms with Crippen LogP contribution in [0.4, 0.5) is 0 Å². The number of aromatic nitrogens is 2. The van der Waals surface area contributed by atoms with Gasteiger partial charge in [-0.2, -0.15) is 5.10 Å². The lowest BCUT2D eigenvalue weighted by Crippen LogP contribution is -2.28. The van der Waals surface area contributed by atoms with Crippen molar-refractivity contribution in [3.8, 4) is 0 Å². The van der Waals surface area contributed by atoms with Crippen LogP contribution in [-0.2, 0) is 17.9 Å². The van der Waals surface area contributed by atoms with E-state index in [0.717, 1.165) is 10.0 Å². The van der Waals surface area contributed by atoms with Gasteiger partial charge in [0.25, 0.3) is 5.56 Å². The van der Waals surface area contributed by atoms with Crippen molar-refractivity contribution in [1.29, 1.82) is 0 Å². The van der Waals surface area contributed by atoms with E-state index in [1.807, 2.05) is 38.1 Å². The SMILES string of the molecule is CC(C)Cn1nc(C(=O)OCc2ccccc2Br)c2ccccc2c1=O. The summed E-state index contributed by atoms with van der Waals surface area (Å²) in [7, 11) is 0. The van der Waals surface area contributed by atoms with Crippen LogP contribution in [0.1, 0.15) is 29.9 Å². The molecule has 134 valence electrons. The molecule has 0 saturated carbocycles. The molecule has 26 heavy (non-hydrogen) atoms. The lowest BCUT2D eigenvalue weighted by Gasteiger charge is -2.12. The first kappa shape index (κ1) is 18.3. The summed E-state index contributed by atoms with van der Waals surface area (Å²) in [5, 5.41) is 5.27. The highest BCUT2D eigenvalue weighted by molar-refractivity contribution is 9.10. The molecule has 0 spiro atoms. The zero-order chi connectivity index (χ0) is 18.7. The van der Waals surface area contributed by atoms with Crippen molar-refractivity contribution in [2.24, 2.45) is 5.92 Å². The smallest absolute Gasteiger partial charge is 0.359 e. The van der Waals surface area contributed by atoms with Gasteiger partial charge in [0.2, 0.25) is 0 Å². The van der Waals surface area contributed by atoms with Crippen LogP contribution in [0.5, 0.6) is 0 Å². The minimum Gasteiger partial charge on any atom is -0.456 e. The monoisotopic (exact) mass is 414 g/mol. The second-order valence-corrected chi connectivity index (χ2v) is 7.30. The molecule has 0 radical (unpaired) electrons. The highest BCUT2D eigenvalue weighted by Gasteiger charge is 2.18. The second kappa shape index (κ2) is 7.83. The van der Waals surface area contributed by atoms with Gasteiger partial charge in [-0.25, -0.2) is 9.48 Å². The van der Waals surface area contributed by atoms with Gasteiger partial charge >= 0.3 is 5.97 Å². The third-order valence-corrected chi connectivity index (χ3v) is 4.69. The molecule has 0 saturated heterocycles. The Bertz CT molecular complexity index is 1010. The molecule has 0 aliphatic rings. The van der Waals surface area contributed by atoms with Crippen LogP contribution in [0.25, 0.3) is 10.8 Å². The Balaban J connectivity index is 1.97. The van der Waals surface area contributed by atoms with E-state index >= 15 is 0 Å². The third-order valence-electron chi connectivity index (χ3n) is 3.92. The van der Waals surface area contributed by atoms with Crippen molar-refractivity contribution in [3.05, 3.63) is 74.6 Å². The van der Waals surface area contributed by atoms with Gasteiger partial charge in [-0.3, -0.25) is 4.79 Å². The van der Waals surface area contributed by atoms with Gasteiger partial charge in [-0.1, -0.05) is 66.2 Å². The minimum absolute atomic E-state index is 0.125. The molecule has 0 aliphatic heterocycles. The first-order chi connectivity index (χ1) is 12.5. The van der Waals surface area contributed by atoms with Gasteiger partial charge in [0.1, 0.15) is 6.61 Å². The van der Waals surface area contributed by atoms with E-state index < -0.39 is 5.97 Å². The number of halogens is 1. The van der Waals surface area contributed by atoms with Crippen molar-refractivity contribution >= 4 is 32.7 Å². The van der Waals surface area contributed by atoms with Gasteiger partial charge in [-0.15, -0.1) is 0 Å². The number of ether oxygens (including phenoxy) is 1. The Labute approximate surface area is 159 Å². The average Bonchev–Trinajstić information content (AvgIpc) is 2.63. The number of hydrogen-bond acceptors (Lipinski definition) is 4. The summed E-state index contributed by atoms with van der Waals surface area (Å²) in [6, 6.07) is 14.5. The summed E-state index contributed by atoms with van der Waals surface area (Å²) in [5.74, 6) is -0.319. The Morgan fingerprint density at radius 3 is 2.46 bits per heavy atom. The number of fused-ring (bicyclic) bond motifs is 1. The van der Waals surface area contributed by atoms with Crippen molar-refractivity contribution in [2.75, 3.05) is 0 Å². The summed E-state index contributed by atoms with van der Waals surface area (Å²) >= 11 is 3.44. The molecule has 0 amide bonds. The minimum atomic E-state index is -0.547. The number of carbonyl (C=O) groups excluding carboxylic acids is 1. The lowest BCUT2D eigenvalue weighted by molar-refractivity contribution is 0.0464. The molecule has 5 nitrogen and oxygen atoms in total. The maximum atomic E-state index is 12.7. The van der Waals surface area contributed by atoms with E-state index in [2.05, 4.69) is 21.0 Å². The number of benzene rings is 2. The highest BCUT2D eigenvalue weighted by Crippen LogP contribution is 2.19. The van der Waals surface area contributed by atoms with Gasteiger partial charge in [0.05, 0.1) is 5.39 Å². The van der Waals surface area contributed by atoms with Crippen LogP contribution in [0.15, 0.2) is 57.8 Å². The Hall–Kier alpha value is -2.47. The molecular weight excluding hydrogens is 396 g/mol. The number of carbonyl (C=O) groups is 1. The van der Waals surface area contributed by atoms with Crippen LogP contribution >= 0.6 is 15.9 Å². The van der Waals surface area contributed by atoms with E-state index in [-0.39, 0.29) is 23.8 Å². The number of nitrogens with zero attached hydrogens (tertiary/aromatic N) is 2. The van der Waals surface area contributed by atoms with Crippen LogP contribution in [0.3, 0.4) is 0 Å². The first-order valence-corrected chi connectivity index (χ1v) is 9.17. The number of rotatable bonds is 5.